The average molecular weight is 285 g/mol. The normalized spacial score (nSPS) is 11.2. The molecule has 0 spiro atoms. The molecule has 0 aliphatic carbocycles. The highest BCUT2D eigenvalue weighted by Crippen LogP contribution is 2.28. The second-order valence-electron chi connectivity index (χ2n) is 4.05. The monoisotopic (exact) mass is 285 g/mol. The predicted octanol–water partition coefficient (Wildman–Crippen LogP) is 3.28. The average Bonchev–Trinajstić information content (AvgIpc) is 3.06. The van der Waals surface area contributed by atoms with Crippen LogP contribution in [0.2, 0.25) is 0 Å². The number of hydrogen-bond acceptors (Lipinski definition) is 5. The number of fused-ring (bicyclic) bond motifs is 1. The summed E-state index contributed by atoms with van der Waals surface area (Å²) in [5, 5.41) is 5.96. The first kappa shape index (κ1) is 12.6. The fourth-order valence-corrected chi connectivity index (χ4v) is 2.66. The van der Waals surface area contributed by atoms with Gasteiger partial charge in [0.25, 0.3) is 0 Å². The molecule has 0 aliphatic rings. The van der Waals surface area contributed by atoms with Gasteiger partial charge in [0.2, 0.25) is 11.0 Å². The molecule has 0 aliphatic heterocycles. The van der Waals surface area contributed by atoms with Gasteiger partial charge in [-0.1, -0.05) is 23.5 Å². The van der Waals surface area contributed by atoms with E-state index in [1.54, 1.807) is 18.4 Å². The smallest absolute Gasteiger partial charge is 0.246 e. The summed E-state index contributed by atoms with van der Waals surface area (Å²) >= 11 is 1.42. The van der Waals surface area contributed by atoms with Crippen molar-refractivity contribution in [2.45, 2.75) is 6.92 Å². The number of nitrogens with zero attached hydrogens (tertiary/aromatic N) is 3. The van der Waals surface area contributed by atoms with Crippen LogP contribution >= 0.6 is 11.3 Å². The van der Waals surface area contributed by atoms with E-state index in [9.17, 15) is 4.79 Å². The maximum atomic E-state index is 11.7. The van der Waals surface area contributed by atoms with Crippen molar-refractivity contribution in [3.05, 3.63) is 48.4 Å². The van der Waals surface area contributed by atoms with Crippen LogP contribution in [0.3, 0.4) is 0 Å². The van der Waals surface area contributed by atoms with Crippen LogP contribution in [-0.4, -0.2) is 17.1 Å². The standard InChI is InChI=1S/C14H11N3O2S/c1-10(18)17(15-9-11-5-4-8-19-11)14-16-12-6-2-3-7-13(12)20-14/h2-9H,1H3/b15-9-. The first-order chi connectivity index (χ1) is 9.74. The molecule has 3 rings (SSSR count). The quantitative estimate of drug-likeness (QED) is 0.548. The van der Waals surface area contributed by atoms with Gasteiger partial charge in [0.15, 0.2) is 0 Å². The first-order valence-corrected chi connectivity index (χ1v) is 6.79. The zero-order valence-corrected chi connectivity index (χ0v) is 11.5. The molecule has 0 bridgehead atoms. The molecule has 5 nitrogen and oxygen atoms in total. The number of aromatic nitrogens is 1. The number of para-hydroxylation sites is 1. The summed E-state index contributed by atoms with van der Waals surface area (Å²) in [4.78, 5) is 16.1. The lowest BCUT2D eigenvalue weighted by Gasteiger charge is -2.09. The molecule has 20 heavy (non-hydrogen) atoms. The molecule has 3 aromatic rings. The number of furan rings is 1. The summed E-state index contributed by atoms with van der Waals surface area (Å²) in [7, 11) is 0. The Morgan fingerprint density at radius 2 is 2.20 bits per heavy atom. The van der Waals surface area contributed by atoms with Crippen LogP contribution in [0.1, 0.15) is 12.7 Å². The molecule has 0 atom stereocenters. The van der Waals surface area contributed by atoms with E-state index in [4.69, 9.17) is 4.42 Å². The van der Waals surface area contributed by atoms with Crippen molar-refractivity contribution < 1.29 is 9.21 Å². The summed E-state index contributed by atoms with van der Waals surface area (Å²) in [6, 6.07) is 11.2. The molecular weight excluding hydrogens is 274 g/mol. The second kappa shape index (κ2) is 5.26. The Hall–Kier alpha value is -2.47. The van der Waals surface area contributed by atoms with E-state index in [0.29, 0.717) is 10.9 Å². The van der Waals surface area contributed by atoms with Crippen LogP contribution in [0.4, 0.5) is 5.13 Å². The van der Waals surface area contributed by atoms with Crippen LogP contribution in [-0.2, 0) is 4.79 Å². The first-order valence-electron chi connectivity index (χ1n) is 5.98. The van der Waals surface area contributed by atoms with E-state index in [0.717, 1.165) is 10.2 Å². The van der Waals surface area contributed by atoms with Gasteiger partial charge in [-0.3, -0.25) is 4.79 Å². The highest BCUT2D eigenvalue weighted by atomic mass is 32.1. The molecule has 0 N–H and O–H groups in total. The minimum absolute atomic E-state index is 0.202. The van der Waals surface area contributed by atoms with Crippen LogP contribution in [0.15, 0.2) is 52.2 Å². The van der Waals surface area contributed by atoms with Crippen molar-refractivity contribution in [2.75, 3.05) is 5.01 Å². The summed E-state index contributed by atoms with van der Waals surface area (Å²) in [5.74, 6) is 0.379. The third kappa shape index (κ3) is 2.46. The van der Waals surface area contributed by atoms with E-state index in [1.807, 2.05) is 24.3 Å². The summed E-state index contributed by atoms with van der Waals surface area (Å²) in [6.07, 6.45) is 3.05. The van der Waals surface area contributed by atoms with Crippen LogP contribution in [0.5, 0.6) is 0 Å². The van der Waals surface area contributed by atoms with Gasteiger partial charge < -0.3 is 4.42 Å². The molecule has 0 saturated carbocycles. The number of thiazole rings is 1. The molecule has 6 heteroatoms. The van der Waals surface area contributed by atoms with Crippen molar-refractivity contribution in [1.29, 1.82) is 0 Å². The lowest BCUT2D eigenvalue weighted by Crippen LogP contribution is -2.22. The Bertz CT molecular complexity index is 729. The van der Waals surface area contributed by atoms with E-state index in [1.165, 1.54) is 29.5 Å². The number of rotatable bonds is 3. The molecule has 1 aromatic carbocycles. The van der Waals surface area contributed by atoms with Crippen molar-refractivity contribution in [3.8, 4) is 0 Å². The molecule has 100 valence electrons. The summed E-state index contributed by atoms with van der Waals surface area (Å²) in [5.41, 5.74) is 0.854. The van der Waals surface area contributed by atoms with Crippen LogP contribution in [0, 0.1) is 0 Å². The number of hydrogen-bond donors (Lipinski definition) is 0. The Kier molecular flexibility index (Phi) is 3.30. The zero-order chi connectivity index (χ0) is 13.9. The molecule has 0 unspecified atom stereocenters. The highest BCUT2D eigenvalue weighted by Gasteiger charge is 2.15. The molecular formula is C14H11N3O2S. The number of carbonyl (C=O) groups is 1. The van der Waals surface area contributed by atoms with E-state index >= 15 is 0 Å². The van der Waals surface area contributed by atoms with Gasteiger partial charge in [-0.25, -0.2) is 4.98 Å². The van der Waals surface area contributed by atoms with Gasteiger partial charge in [0.1, 0.15) is 5.76 Å². The van der Waals surface area contributed by atoms with Gasteiger partial charge in [-0.2, -0.15) is 10.1 Å². The fourth-order valence-electron chi connectivity index (χ4n) is 1.70. The molecule has 0 fully saturated rings. The second-order valence-corrected chi connectivity index (χ2v) is 5.06. The Morgan fingerprint density at radius 1 is 1.35 bits per heavy atom. The SMILES string of the molecule is CC(=O)N(/N=C\c1ccco1)c1nc2ccccc2s1. The molecule has 0 radical (unpaired) electrons. The number of benzene rings is 1. The van der Waals surface area contributed by atoms with Crippen molar-refractivity contribution in [1.82, 2.24) is 4.98 Å². The van der Waals surface area contributed by atoms with Crippen molar-refractivity contribution in [3.63, 3.8) is 0 Å². The zero-order valence-electron chi connectivity index (χ0n) is 10.7. The van der Waals surface area contributed by atoms with E-state index in [2.05, 4.69) is 10.1 Å². The number of carbonyl (C=O) groups excluding carboxylic acids is 1. The van der Waals surface area contributed by atoms with E-state index in [-0.39, 0.29) is 5.91 Å². The van der Waals surface area contributed by atoms with Gasteiger partial charge in [-0.05, 0) is 24.3 Å². The highest BCUT2D eigenvalue weighted by molar-refractivity contribution is 7.22. The van der Waals surface area contributed by atoms with Gasteiger partial charge in [0, 0.05) is 6.92 Å². The predicted molar refractivity (Wildman–Crippen MR) is 79.1 cm³/mol. The third-order valence-electron chi connectivity index (χ3n) is 2.61. The molecule has 1 amide bonds. The van der Waals surface area contributed by atoms with Gasteiger partial charge >= 0.3 is 0 Å². The third-order valence-corrected chi connectivity index (χ3v) is 3.62. The maximum absolute atomic E-state index is 11.7. The molecule has 2 heterocycles. The Labute approximate surface area is 119 Å². The van der Waals surface area contributed by atoms with Crippen molar-refractivity contribution >= 4 is 38.8 Å². The van der Waals surface area contributed by atoms with Crippen LogP contribution in [0.25, 0.3) is 10.2 Å². The number of amides is 1. The lowest BCUT2D eigenvalue weighted by molar-refractivity contribution is -0.116. The van der Waals surface area contributed by atoms with Crippen molar-refractivity contribution in [2.24, 2.45) is 5.10 Å². The number of hydrazone groups is 1. The summed E-state index contributed by atoms with van der Waals surface area (Å²) in [6.45, 7) is 1.45. The topological polar surface area (TPSA) is 58.7 Å². The lowest BCUT2D eigenvalue weighted by atomic mass is 10.3. The largest absolute Gasteiger partial charge is 0.463 e. The van der Waals surface area contributed by atoms with Gasteiger partial charge in [0.05, 0.1) is 22.7 Å². The maximum Gasteiger partial charge on any atom is 0.246 e. The fraction of sp³-hybridized carbons (Fsp3) is 0.0714. The minimum atomic E-state index is -0.202. The van der Waals surface area contributed by atoms with E-state index < -0.39 is 0 Å². The molecule has 0 saturated heterocycles. The minimum Gasteiger partial charge on any atom is -0.463 e. The summed E-state index contributed by atoms with van der Waals surface area (Å²) < 4.78 is 6.17. The Balaban J connectivity index is 1.96. The van der Waals surface area contributed by atoms with Crippen LogP contribution < -0.4 is 5.01 Å². The number of anilines is 1. The Morgan fingerprint density at radius 3 is 2.90 bits per heavy atom. The molecule has 2 aromatic heterocycles. The van der Waals surface area contributed by atoms with Gasteiger partial charge in [-0.15, -0.1) is 0 Å².